The molecule has 166 valence electrons. The molecule has 1 heterocycles. The monoisotopic (exact) mass is 441 g/mol. The van der Waals surface area contributed by atoms with E-state index < -0.39 is 24.3 Å². The molecular weight excluding hydrogens is 420 g/mol. The van der Waals surface area contributed by atoms with E-state index in [0.29, 0.717) is 5.71 Å². The van der Waals surface area contributed by atoms with E-state index in [0.717, 1.165) is 17.3 Å². The van der Waals surface area contributed by atoms with Gasteiger partial charge in [-0.2, -0.15) is 8.78 Å². The lowest BCUT2D eigenvalue weighted by atomic mass is 10.0. The van der Waals surface area contributed by atoms with Crippen molar-refractivity contribution in [2.24, 2.45) is 10.7 Å². The van der Waals surface area contributed by atoms with Crippen molar-refractivity contribution in [2.75, 3.05) is 6.61 Å². The van der Waals surface area contributed by atoms with Gasteiger partial charge in [-0.25, -0.2) is 9.79 Å². The van der Waals surface area contributed by atoms with Crippen molar-refractivity contribution in [1.29, 1.82) is 0 Å². The van der Waals surface area contributed by atoms with Gasteiger partial charge in [0.05, 0.1) is 11.4 Å². The maximum Gasteiger partial charge on any atom is 0.404 e. The molecule has 0 aliphatic heterocycles. The third-order valence-corrected chi connectivity index (χ3v) is 4.33. The number of halogens is 2. The molecule has 0 saturated heterocycles. The number of nitrogens with zero attached hydrogens (tertiary/aromatic N) is 2. The molecular formula is C23H21F2N3O4. The molecule has 0 radical (unpaired) electrons. The number of aromatic nitrogens is 1. The topological polar surface area (TPSA) is 95.9 Å². The van der Waals surface area contributed by atoms with Crippen molar-refractivity contribution in [3.63, 3.8) is 0 Å². The predicted octanol–water partition coefficient (Wildman–Crippen LogP) is 4.28. The molecule has 0 fully saturated rings. The van der Waals surface area contributed by atoms with E-state index in [1.807, 2.05) is 60.7 Å². The van der Waals surface area contributed by atoms with Crippen LogP contribution in [0.5, 0.6) is 5.75 Å². The van der Waals surface area contributed by atoms with Crippen LogP contribution in [0.25, 0.3) is 0 Å². The second-order valence-electron chi connectivity index (χ2n) is 6.80. The van der Waals surface area contributed by atoms with Crippen LogP contribution in [0.1, 0.15) is 24.6 Å². The third kappa shape index (κ3) is 5.78. The lowest BCUT2D eigenvalue weighted by Crippen LogP contribution is -2.28. The van der Waals surface area contributed by atoms with E-state index in [-0.39, 0.29) is 22.6 Å². The average Bonchev–Trinajstić information content (AvgIpc) is 2.78. The van der Waals surface area contributed by atoms with Gasteiger partial charge >= 0.3 is 12.6 Å². The van der Waals surface area contributed by atoms with E-state index in [1.165, 1.54) is 13.0 Å². The van der Waals surface area contributed by atoms with Gasteiger partial charge in [0.25, 0.3) is 5.56 Å². The molecule has 0 spiro atoms. The SMILES string of the molecule is CC(COc1cc(N=C(c2ccccc2)c2ccccc2)cn(C(F)F)c1=O)OC(N)=O. The van der Waals surface area contributed by atoms with E-state index in [1.54, 1.807) is 0 Å². The second-order valence-corrected chi connectivity index (χ2v) is 6.80. The summed E-state index contributed by atoms with van der Waals surface area (Å²) >= 11 is 0. The summed E-state index contributed by atoms with van der Waals surface area (Å²) in [6.45, 7) is -1.86. The van der Waals surface area contributed by atoms with Crippen LogP contribution >= 0.6 is 0 Å². The highest BCUT2D eigenvalue weighted by molar-refractivity contribution is 6.13. The van der Waals surface area contributed by atoms with Crippen molar-refractivity contribution in [2.45, 2.75) is 19.6 Å². The Morgan fingerprint density at radius 2 is 1.62 bits per heavy atom. The number of carbonyl (C=O) groups excluding carboxylic acids is 1. The number of benzene rings is 2. The molecule has 1 amide bonds. The lowest BCUT2D eigenvalue weighted by Gasteiger charge is -2.15. The van der Waals surface area contributed by atoms with Crippen LogP contribution in [0.15, 0.2) is 82.7 Å². The van der Waals surface area contributed by atoms with E-state index in [2.05, 4.69) is 4.99 Å². The zero-order chi connectivity index (χ0) is 23.1. The van der Waals surface area contributed by atoms with Crippen LogP contribution in [0.3, 0.4) is 0 Å². The highest BCUT2D eigenvalue weighted by atomic mass is 19.3. The molecule has 7 nitrogen and oxygen atoms in total. The van der Waals surface area contributed by atoms with Crippen LogP contribution in [0, 0.1) is 0 Å². The second kappa shape index (κ2) is 10.3. The van der Waals surface area contributed by atoms with E-state index >= 15 is 0 Å². The fourth-order valence-corrected chi connectivity index (χ4v) is 2.93. The smallest absolute Gasteiger partial charge is 0.404 e. The summed E-state index contributed by atoms with van der Waals surface area (Å²) in [5, 5.41) is 0. The molecule has 2 N–H and O–H groups in total. The van der Waals surface area contributed by atoms with Crippen LogP contribution < -0.4 is 16.0 Å². The molecule has 0 saturated carbocycles. The first kappa shape index (κ1) is 22.7. The third-order valence-electron chi connectivity index (χ3n) is 4.33. The maximum atomic E-state index is 13.5. The lowest BCUT2D eigenvalue weighted by molar-refractivity contribution is 0.0626. The first-order chi connectivity index (χ1) is 15.3. The minimum Gasteiger partial charge on any atom is -0.484 e. The normalized spacial score (nSPS) is 11.6. The quantitative estimate of drug-likeness (QED) is 0.528. The van der Waals surface area contributed by atoms with Gasteiger partial charge in [0.2, 0.25) is 0 Å². The van der Waals surface area contributed by atoms with Crippen LogP contribution in [-0.4, -0.2) is 29.1 Å². The molecule has 3 aromatic rings. The molecule has 1 aromatic heterocycles. The number of hydrogen-bond acceptors (Lipinski definition) is 5. The van der Waals surface area contributed by atoms with Gasteiger partial charge < -0.3 is 15.2 Å². The fraction of sp³-hybridized carbons (Fsp3) is 0.174. The standard InChI is InChI=1S/C23H21F2N3O4/c1-15(32-23(26)30)14-31-19-12-18(13-28(21(19)29)22(24)25)27-20(16-8-4-2-5-9-16)17-10-6-3-7-11-17/h2-13,15,22H,14H2,1H3,(H2,26,30). The summed E-state index contributed by atoms with van der Waals surface area (Å²) in [6.07, 6.45) is -0.835. The number of nitrogens with two attached hydrogens (primary N) is 1. The van der Waals surface area contributed by atoms with Crippen molar-refractivity contribution < 1.29 is 23.0 Å². The number of primary amides is 1. The zero-order valence-electron chi connectivity index (χ0n) is 17.2. The molecule has 32 heavy (non-hydrogen) atoms. The van der Waals surface area contributed by atoms with Crippen LogP contribution in [0.2, 0.25) is 0 Å². The average molecular weight is 441 g/mol. The van der Waals surface area contributed by atoms with Crippen molar-refractivity contribution in [3.8, 4) is 5.75 Å². The minimum atomic E-state index is -3.10. The number of amides is 1. The van der Waals surface area contributed by atoms with Gasteiger partial charge in [-0.1, -0.05) is 60.7 Å². The van der Waals surface area contributed by atoms with Crippen LogP contribution in [-0.2, 0) is 4.74 Å². The predicted molar refractivity (Wildman–Crippen MR) is 116 cm³/mol. The molecule has 3 rings (SSSR count). The van der Waals surface area contributed by atoms with Gasteiger partial charge in [-0.05, 0) is 6.92 Å². The maximum absolute atomic E-state index is 13.5. The zero-order valence-corrected chi connectivity index (χ0v) is 17.2. The Bertz CT molecular complexity index is 1110. The summed E-state index contributed by atoms with van der Waals surface area (Å²) in [4.78, 5) is 27.8. The van der Waals surface area contributed by atoms with Gasteiger partial charge in [0.15, 0.2) is 5.75 Å². The number of hydrogen-bond donors (Lipinski definition) is 1. The highest BCUT2D eigenvalue weighted by Gasteiger charge is 2.17. The first-order valence-electron chi connectivity index (χ1n) is 9.68. The van der Waals surface area contributed by atoms with E-state index in [9.17, 15) is 18.4 Å². The van der Waals surface area contributed by atoms with Gasteiger partial charge in [-0.15, -0.1) is 0 Å². The highest BCUT2D eigenvalue weighted by Crippen LogP contribution is 2.23. The Morgan fingerprint density at radius 3 is 2.12 bits per heavy atom. The molecule has 0 aliphatic carbocycles. The number of ether oxygens (including phenoxy) is 2. The summed E-state index contributed by atoms with van der Waals surface area (Å²) in [5.41, 5.74) is 6.06. The Hall–Kier alpha value is -4.01. The van der Waals surface area contributed by atoms with Crippen LogP contribution in [0.4, 0.5) is 19.3 Å². The van der Waals surface area contributed by atoms with Gasteiger partial charge in [-0.3, -0.25) is 9.36 Å². The Morgan fingerprint density at radius 1 is 1.06 bits per heavy atom. The summed E-state index contributed by atoms with van der Waals surface area (Å²) in [7, 11) is 0. The van der Waals surface area contributed by atoms with E-state index in [4.69, 9.17) is 15.2 Å². The number of alkyl halides is 2. The largest absolute Gasteiger partial charge is 0.484 e. The summed E-state index contributed by atoms with van der Waals surface area (Å²) in [5.74, 6) is -0.355. The molecule has 1 unspecified atom stereocenters. The number of carbonyl (C=O) groups is 1. The molecule has 2 aromatic carbocycles. The Kier molecular flexibility index (Phi) is 7.33. The summed E-state index contributed by atoms with van der Waals surface area (Å²) in [6, 6.07) is 19.7. The van der Waals surface area contributed by atoms with Crippen molar-refractivity contribution in [1.82, 2.24) is 4.57 Å². The number of rotatable bonds is 8. The summed E-state index contributed by atoms with van der Waals surface area (Å²) < 4.78 is 37.4. The first-order valence-corrected chi connectivity index (χ1v) is 9.68. The molecule has 0 aliphatic rings. The number of pyridine rings is 1. The van der Waals surface area contributed by atoms with Crippen molar-refractivity contribution in [3.05, 3.63) is 94.4 Å². The molecule has 0 bridgehead atoms. The Balaban J connectivity index is 2.06. The van der Waals surface area contributed by atoms with Gasteiger partial charge in [0.1, 0.15) is 12.7 Å². The fourth-order valence-electron chi connectivity index (χ4n) is 2.93. The molecule has 9 heteroatoms. The minimum absolute atomic E-state index is 0.0890. The van der Waals surface area contributed by atoms with Gasteiger partial charge in [0, 0.05) is 23.4 Å². The van der Waals surface area contributed by atoms with Crippen molar-refractivity contribution >= 4 is 17.5 Å². The Labute approximate surface area is 182 Å². The number of aliphatic imine (C=N–C) groups is 1. The molecule has 1 atom stereocenters.